The summed E-state index contributed by atoms with van der Waals surface area (Å²) in [5, 5.41) is 4.85. The van der Waals surface area contributed by atoms with Crippen LogP contribution in [0.1, 0.15) is 41.8 Å². The van der Waals surface area contributed by atoms with Crippen molar-refractivity contribution in [3.63, 3.8) is 0 Å². The molecule has 1 saturated heterocycles. The van der Waals surface area contributed by atoms with Crippen LogP contribution in [0.15, 0.2) is 41.8 Å². The third kappa shape index (κ3) is 2.90. The lowest BCUT2D eigenvalue weighted by atomic mass is 9.80. The fourth-order valence-electron chi connectivity index (χ4n) is 4.10. The summed E-state index contributed by atoms with van der Waals surface area (Å²) in [4.78, 5) is 42.5. The van der Waals surface area contributed by atoms with E-state index in [1.807, 2.05) is 48.7 Å². The number of nitrogens with zero attached hydrogens (tertiary/aromatic N) is 2. The molecule has 7 heteroatoms. The lowest BCUT2D eigenvalue weighted by Gasteiger charge is -2.31. The van der Waals surface area contributed by atoms with Gasteiger partial charge in [0.1, 0.15) is 12.1 Å². The molecule has 0 saturated carbocycles. The van der Waals surface area contributed by atoms with Gasteiger partial charge in [-0.15, -0.1) is 11.3 Å². The van der Waals surface area contributed by atoms with Gasteiger partial charge in [0.05, 0.1) is 6.04 Å². The van der Waals surface area contributed by atoms with Gasteiger partial charge in [0.15, 0.2) is 0 Å². The van der Waals surface area contributed by atoms with Crippen LogP contribution in [0.25, 0.3) is 0 Å². The molecule has 1 spiro atoms. The summed E-state index contributed by atoms with van der Waals surface area (Å²) in [7, 11) is 1.70. The zero-order chi connectivity index (χ0) is 19.9. The predicted molar refractivity (Wildman–Crippen MR) is 107 cm³/mol. The largest absolute Gasteiger partial charge is 0.337 e. The van der Waals surface area contributed by atoms with Crippen LogP contribution in [-0.4, -0.2) is 41.2 Å². The van der Waals surface area contributed by atoms with E-state index in [0.29, 0.717) is 6.42 Å². The fourth-order valence-corrected chi connectivity index (χ4v) is 5.10. The Kier molecular flexibility index (Phi) is 4.71. The SMILES string of the molecule is C[C@H](c1ccccc1)N(C)C(=O)CN1C(=O)N[C@]2(CCCc3sccc32)C1=O. The number of rotatable bonds is 4. The third-order valence-corrected chi connectivity index (χ3v) is 6.87. The monoisotopic (exact) mass is 397 g/mol. The van der Waals surface area contributed by atoms with Gasteiger partial charge in [-0.25, -0.2) is 4.79 Å². The van der Waals surface area contributed by atoms with E-state index in [1.54, 1.807) is 23.3 Å². The van der Waals surface area contributed by atoms with E-state index < -0.39 is 11.6 Å². The first-order valence-corrected chi connectivity index (χ1v) is 10.3. The van der Waals surface area contributed by atoms with Crippen LogP contribution in [0.4, 0.5) is 4.79 Å². The molecule has 0 bridgehead atoms. The summed E-state index contributed by atoms with van der Waals surface area (Å²) in [5.41, 5.74) is 0.888. The fraction of sp³-hybridized carbons (Fsp3) is 0.381. The van der Waals surface area contributed by atoms with Crippen LogP contribution < -0.4 is 5.32 Å². The Hall–Kier alpha value is -2.67. The standard InChI is InChI=1S/C21H23N3O3S/c1-14(15-7-4-3-5-8-15)23(2)18(25)13-24-19(26)21(22-20(24)27)11-6-9-17-16(21)10-12-28-17/h3-5,7-8,10,12,14H,6,9,11,13H2,1-2H3,(H,22,27)/t14-,21+/m1/s1. The minimum Gasteiger partial charge on any atom is -0.337 e. The van der Waals surface area contributed by atoms with Gasteiger partial charge in [-0.1, -0.05) is 30.3 Å². The quantitative estimate of drug-likeness (QED) is 0.806. The molecule has 0 radical (unpaired) electrons. The molecular weight excluding hydrogens is 374 g/mol. The van der Waals surface area contributed by atoms with Crippen molar-refractivity contribution in [3.8, 4) is 0 Å². The van der Waals surface area contributed by atoms with Crippen LogP contribution in [0, 0.1) is 0 Å². The van der Waals surface area contributed by atoms with Crippen molar-refractivity contribution in [3.05, 3.63) is 57.8 Å². The van der Waals surface area contributed by atoms with Crippen molar-refractivity contribution >= 4 is 29.2 Å². The molecule has 1 aliphatic heterocycles. The summed E-state index contributed by atoms with van der Waals surface area (Å²) in [6, 6.07) is 11.0. The molecule has 2 heterocycles. The summed E-state index contributed by atoms with van der Waals surface area (Å²) < 4.78 is 0. The number of thiophene rings is 1. The number of hydrogen-bond donors (Lipinski definition) is 1. The minimum absolute atomic E-state index is 0.151. The number of imide groups is 1. The smallest absolute Gasteiger partial charge is 0.325 e. The van der Waals surface area contributed by atoms with E-state index in [1.165, 1.54) is 0 Å². The van der Waals surface area contributed by atoms with Gasteiger partial charge < -0.3 is 10.2 Å². The number of nitrogens with one attached hydrogen (secondary N) is 1. The average molecular weight is 398 g/mol. The van der Waals surface area contributed by atoms with Gasteiger partial charge in [0.25, 0.3) is 5.91 Å². The number of carbonyl (C=O) groups excluding carboxylic acids is 3. The lowest BCUT2D eigenvalue weighted by Crippen LogP contribution is -2.47. The van der Waals surface area contributed by atoms with Gasteiger partial charge in [0, 0.05) is 17.5 Å². The first kappa shape index (κ1) is 18.7. The normalized spacial score (nSPS) is 22.1. The molecule has 6 nitrogen and oxygen atoms in total. The Morgan fingerprint density at radius 3 is 2.79 bits per heavy atom. The molecule has 2 aromatic rings. The highest BCUT2D eigenvalue weighted by Gasteiger charge is 2.54. The number of aryl methyl sites for hydroxylation is 1. The minimum atomic E-state index is -1.01. The summed E-state index contributed by atoms with van der Waals surface area (Å²) >= 11 is 1.61. The molecular formula is C21H23N3O3S. The average Bonchev–Trinajstić information content (AvgIpc) is 3.28. The van der Waals surface area contributed by atoms with E-state index in [0.717, 1.165) is 33.7 Å². The highest BCUT2D eigenvalue weighted by atomic mass is 32.1. The Labute approximate surface area is 168 Å². The maximum atomic E-state index is 13.2. The summed E-state index contributed by atoms with van der Waals surface area (Å²) in [5.74, 6) is -0.579. The molecule has 1 aromatic carbocycles. The van der Waals surface area contributed by atoms with Crippen LogP contribution in [0.3, 0.4) is 0 Å². The first-order valence-electron chi connectivity index (χ1n) is 9.45. The lowest BCUT2D eigenvalue weighted by molar-refractivity contribution is -0.139. The van der Waals surface area contributed by atoms with E-state index >= 15 is 0 Å². The summed E-state index contributed by atoms with van der Waals surface area (Å²) in [6.45, 7) is 1.68. The van der Waals surface area contributed by atoms with E-state index in [4.69, 9.17) is 0 Å². The Morgan fingerprint density at radius 1 is 1.29 bits per heavy atom. The molecule has 28 heavy (non-hydrogen) atoms. The predicted octanol–water partition coefficient (Wildman–Crippen LogP) is 3.05. The van der Waals surface area contributed by atoms with Crippen molar-refractivity contribution in [1.29, 1.82) is 0 Å². The number of amides is 4. The van der Waals surface area contributed by atoms with Crippen molar-refractivity contribution in [2.24, 2.45) is 0 Å². The molecule has 1 fully saturated rings. The first-order chi connectivity index (χ1) is 13.4. The molecule has 4 amide bonds. The topological polar surface area (TPSA) is 69.7 Å². The molecule has 146 valence electrons. The summed E-state index contributed by atoms with van der Waals surface area (Å²) in [6.07, 6.45) is 2.34. The second-order valence-electron chi connectivity index (χ2n) is 7.43. The number of fused-ring (bicyclic) bond motifs is 2. The van der Waals surface area contributed by atoms with E-state index in [-0.39, 0.29) is 24.4 Å². The molecule has 2 aliphatic rings. The maximum absolute atomic E-state index is 13.2. The highest BCUT2D eigenvalue weighted by molar-refractivity contribution is 7.10. The zero-order valence-corrected chi connectivity index (χ0v) is 16.8. The van der Waals surface area contributed by atoms with Crippen molar-refractivity contribution in [2.45, 2.75) is 37.8 Å². The zero-order valence-electron chi connectivity index (χ0n) is 16.0. The number of benzene rings is 1. The third-order valence-electron chi connectivity index (χ3n) is 5.89. The number of carbonyl (C=O) groups is 3. The molecule has 1 aliphatic carbocycles. The Morgan fingerprint density at radius 2 is 2.04 bits per heavy atom. The number of likely N-dealkylation sites (N-methyl/N-ethyl adjacent to an activating group) is 1. The Balaban J connectivity index is 1.52. The van der Waals surface area contributed by atoms with Gasteiger partial charge in [-0.2, -0.15) is 0 Å². The molecule has 1 aromatic heterocycles. The van der Waals surface area contributed by atoms with Crippen molar-refractivity contribution in [1.82, 2.24) is 15.1 Å². The second kappa shape index (κ2) is 7.05. The van der Waals surface area contributed by atoms with Crippen LogP contribution >= 0.6 is 11.3 Å². The van der Waals surface area contributed by atoms with Gasteiger partial charge in [-0.3, -0.25) is 14.5 Å². The van der Waals surface area contributed by atoms with Crippen molar-refractivity contribution < 1.29 is 14.4 Å². The van der Waals surface area contributed by atoms with Crippen molar-refractivity contribution in [2.75, 3.05) is 13.6 Å². The van der Waals surface area contributed by atoms with Gasteiger partial charge >= 0.3 is 6.03 Å². The molecule has 2 atom stereocenters. The number of hydrogen-bond acceptors (Lipinski definition) is 4. The van der Waals surface area contributed by atoms with Crippen LogP contribution in [-0.2, 0) is 21.5 Å². The van der Waals surface area contributed by atoms with Gasteiger partial charge in [-0.05, 0) is 43.2 Å². The van der Waals surface area contributed by atoms with E-state index in [9.17, 15) is 14.4 Å². The van der Waals surface area contributed by atoms with Crippen LogP contribution in [0.2, 0.25) is 0 Å². The Bertz CT molecular complexity index is 926. The highest BCUT2D eigenvalue weighted by Crippen LogP contribution is 2.42. The second-order valence-corrected chi connectivity index (χ2v) is 8.43. The van der Waals surface area contributed by atoms with Gasteiger partial charge in [0.2, 0.25) is 5.91 Å². The maximum Gasteiger partial charge on any atom is 0.325 e. The van der Waals surface area contributed by atoms with E-state index in [2.05, 4.69) is 5.32 Å². The number of urea groups is 1. The molecule has 1 N–H and O–H groups in total. The molecule has 0 unspecified atom stereocenters. The van der Waals surface area contributed by atoms with Crippen LogP contribution in [0.5, 0.6) is 0 Å². The molecule has 4 rings (SSSR count).